The number of carbonyl (C=O) groups excluding carboxylic acids is 1. The smallest absolute Gasteiger partial charge is 0.248 e. The number of fused-ring (bicyclic) bond motifs is 1. The zero-order valence-corrected chi connectivity index (χ0v) is 14.5. The Balaban J connectivity index is 2.08. The minimum Gasteiger partial charge on any atom is -0.453 e. The highest BCUT2D eigenvalue weighted by atomic mass is 16.7. The van der Waals surface area contributed by atoms with Crippen LogP contribution in [-0.2, 0) is 14.3 Å². The summed E-state index contributed by atoms with van der Waals surface area (Å²) in [5.74, 6) is 1.33. The number of allylic oxidation sites excluding steroid dienone is 2. The van der Waals surface area contributed by atoms with Gasteiger partial charge >= 0.3 is 0 Å². The van der Waals surface area contributed by atoms with Crippen molar-refractivity contribution in [2.75, 3.05) is 27.4 Å². The maximum absolute atomic E-state index is 12.5. The monoisotopic (exact) mass is 316 g/mol. The summed E-state index contributed by atoms with van der Waals surface area (Å²) in [7, 11) is 3.85. The van der Waals surface area contributed by atoms with Crippen LogP contribution in [0.15, 0.2) is 46.4 Å². The van der Waals surface area contributed by atoms with Crippen LogP contribution in [0.3, 0.4) is 0 Å². The van der Waals surface area contributed by atoms with Crippen LogP contribution in [0.1, 0.15) is 27.2 Å². The summed E-state index contributed by atoms with van der Waals surface area (Å²) in [5, 5.41) is 0. The summed E-state index contributed by atoms with van der Waals surface area (Å²) >= 11 is 0. The fraction of sp³-hybridized carbons (Fsp3) is 0.500. The van der Waals surface area contributed by atoms with E-state index in [0.717, 1.165) is 11.3 Å². The van der Waals surface area contributed by atoms with Gasteiger partial charge in [-0.2, -0.15) is 0 Å². The van der Waals surface area contributed by atoms with Crippen LogP contribution in [0.25, 0.3) is 0 Å². The molecule has 5 heteroatoms. The molecule has 1 unspecified atom stereocenters. The molecule has 1 aliphatic heterocycles. The molecule has 0 spiro atoms. The number of ether oxygens (including phenoxy) is 2. The average Bonchev–Trinajstić information content (AvgIpc) is 2.95. The minimum atomic E-state index is 0.0240. The van der Waals surface area contributed by atoms with Gasteiger partial charge < -0.3 is 19.3 Å². The van der Waals surface area contributed by atoms with Gasteiger partial charge in [-0.3, -0.25) is 4.79 Å². The first kappa shape index (κ1) is 17.0. The van der Waals surface area contributed by atoms with Gasteiger partial charge in [0.05, 0.1) is 0 Å². The summed E-state index contributed by atoms with van der Waals surface area (Å²) < 4.78 is 10.6. The lowest BCUT2D eigenvalue weighted by molar-refractivity contribution is -0.127. The number of hydrogen-bond donors (Lipinski definition) is 0. The van der Waals surface area contributed by atoms with Gasteiger partial charge in [-0.25, -0.2) is 0 Å². The molecule has 1 aliphatic carbocycles. The van der Waals surface area contributed by atoms with Crippen LogP contribution < -0.4 is 0 Å². The quantitative estimate of drug-likeness (QED) is 0.558. The number of likely N-dealkylation sites (N-methyl/N-ethyl adjacent to an activating group) is 1. The Morgan fingerprint density at radius 3 is 2.78 bits per heavy atom. The normalized spacial score (nSPS) is 17.3. The van der Waals surface area contributed by atoms with E-state index in [1.807, 2.05) is 50.7 Å². The summed E-state index contributed by atoms with van der Waals surface area (Å²) in [4.78, 5) is 16.2. The maximum Gasteiger partial charge on any atom is 0.248 e. The first-order valence-electron chi connectivity index (χ1n) is 7.81. The van der Waals surface area contributed by atoms with Gasteiger partial charge in [-0.1, -0.05) is 5.73 Å². The molecule has 1 atom stereocenters. The van der Waals surface area contributed by atoms with Crippen molar-refractivity contribution in [3.05, 3.63) is 46.4 Å². The largest absolute Gasteiger partial charge is 0.453 e. The van der Waals surface area contributed by atoms with Crippen molar-refractivity contribution >= 4 is 5.91 Å². The minimum absolute atomic E-state index is 0.0240. The molecule has 0 aromatic carbocycles. The van der Waals surface area contributed by atoms with Crippen LogP contribution in [0.4, 0.5) is 0 Å². The first-order valence-corrected chi connectivity index (χ1v) is 7.81. The van der Waals surface area contributed by atoms with Crippen molar-refractivity contribution in [3.63, 3.8) is 0 Å². The lowest BCUT2D eigenvalue weighted by Gasteiger charge is -2.28. The van der Waals surface area contributed by atoms with E-state index in [-0.39, 0.29) is 18.7 Å². The van der Waals surface area contributed by atoms with Crippen LogP contribution in [0.2, 0.25) is 0 Å². The third-order valence-corrected chi connectivity index (χ3v) is 3.99. The fourth-order valence-electron chi connectivity index (χ4n) is 2.44. The van der Waals surface area contributed by atoms with Crippen molar-refractivity contribution < 1.29 is 14.3 Å². The molecule has 23 heavy (non-hydrogen) atoms. The topological polar surface area (TPSA) is 42.0 Å². The van der Waals surface area contributed by atoms with E-state index in [0.29, 0.717) is 24.5 Å². The average molecular weight is 316 g/mol. The lowest BCUT2D eigenvalue weighted by Crippen LogP contribution is -2.38. The molecule has 124 valence electrons. The Hall–Kier alpha value is -2.35. The zero-order chi connectivity index (χ0) is 17.0. The molecule has 1 heterocycles. The fourth-order valence-corrected chi connectivity index (χ4v) is 2.44. The van der Waals surface area contributed by atoms with Crippen LogP contribution >= 0.6 is 0 Å². The molecule has 0 aromatic heterocycles. The van der Waals surface area contributed by atoms with E-state index < -0.39 is 0 Å². The summed E-state index contributed by atoms with van der Waals surface area (Å²) in [6.45, 7) is 6.84. The van der Waals surface area contributed by atoms with Crippen LogP contribution in [0.5, 0.6) is 0 Å². The second kappa shape index (κ2) is 7.28. The number of hydrogen-bond acceptors (Lipinski definition) is 4. The molecule has 0 aromatic rings. The van der Waals surface area contributed by atoms with Crippen molar-refractivity contribution in [2.45, 2.75) is 33.2 Å². The van der Waals surface area contributed by atoms with Crippen LogP contribution in [0, 0.1) is 0 Å². The number of nitrogens with zero attached hydrogens (tertiary/aromatic N) is 2. The maximum atomic E-state index is 12.5. The van der Waals surface area contributed by atoms with Gasteiger partial charge in [0, 0.05) is 50.4 Å². The SMILES string of the molecule is CCN(C(=O)C=C(C)N(C)C)C(C)CC1=C=C=C2OCOC2=C1. The third kappa shape index (κ3) is 4.10. The standard InChI is InChI=1S/C18H24N2O3/c1-6-20(18(21)10-13(2)19(4)5)14(3)9-15-7-8-16-17(11-15)23-12-22-16/h10-11,14H,6,9,12H2,1-5H3. The third-order valence-electron chi connectivity index (χ3n) is 3.99. The van der Waals surface area contributed by atoms with Gasteiger partial charge in [-0.15, -0.1) is 0 Å². The van der Waals surface area contributed by atoms with Crippen molar-refractivity contribution in [3.8, 4) is 0 Å². The van der Waals surface area contributed by atoms with Crippen molar-refractivity contribution in [1.82, 2.24) is 9.80 Å². The number of rotatable bonds is 6. The molecule has 0 radical (unpaired) electrons. The van der Waals surface area contributed by atoms with E-state index in [2.05, 4.69) is 11.5 Å². The van der Waals surface area contributed by atoms with Gasteiger partial charge in [0.15, 0.2) is 5.76 Å². The highest BCUT2D eigenvalue weighted by Crippen LogP contribution is 2.25. The highest BCUT2D eigenvalue weighted by molar-refractivity contribution is 5.88. The second-order valence-electron chi connectivity index (χ2n) is 5.88. The second-order valence-corrected chi connectivity index (χ2v) is 5.88. The van der Waals surface area contributed by atoms with E-state index in [9.17, 15) is 4.79 Å². The predicted octanol–water partition coefficient (Wildman–Crippen LogP) is 2.55. The molecule has 0 saturated carbocycles. The first-order chi connectivity index (χ1) is 10.9. The molecule has 0 N–H and O–H groups in total. The Kier molecular flexibility index (Phi) is 5.38. The molecular formula is C18H24N2O3. The Morgan fingerprint density at radius 2 is 2.13 bits per heavy atom. The van der Waals surface area contributed by atoms with Crippen molar-refractivity contribution in [1.29, 1.82) is 0 Å². The van der Waals surface area contributed by atoms with Crippen molar-refractivity contribution in [2.24, 2.45) is 0 Å². The number of carbonyl (C=O) groups is 1. The molecule has 2 aliphatic rings. The molecular weight excluding hydrogens is 292 g/mol. The van der Waals surface area contributed by atoms with E-state index in [1.165, 1.54) is 0 Å². The highest BCUT2D eigenvalue weighted by Gasteiger charge is 2.22. The molecule has 1 amide bonds. The van der Waals surface area contributed by atoms with E-state index >= 15 is 0 Å². The summed E-state index contributed by atoms with van der Waals surface area (Å²) in [5.41, 5.74) is 7.94. The lowest BCUT2D eigenvalue weighted by atomic mass is 10.0. The Labute approximate surface area is 137 Å². The van der Waals surface area contributed by atoms with Gasteiger partial charge in [0.25, 0.3) is 0 Å². The Bertz CT molecular complexity index is 645. The van der Waals surface area contributed by atoms with E-state index in [4.69, 9.17) is 9.47 Å². The predicted molar refractivity (Wildman–Crippen MR) is 88.1 cm³/mol. The number of amides is 1. The molecule has 1 fully saturated rings. The van der Waals surface area contributed by atoms with Gasteiger partial charge in [0.1, 0.15) is 0 Å². The van der Waals surface area contributed by atoms with Crippen LogP contribution in [-0.4, -0.2) is 49.2 Å². The van der Waals surface area contributed by atoms with Gasteiger partial charge in [0.2, 0.25) is 18.5 Å². The summed E-state index contributed by atoms with van der Waals surface area (Å²) in [6, 6.07) is 0.0590. The molecule has 1 saturated heterocycles. The molecule has 0 bridgehead atoms. The van der Waals surface area contributed by atoms with E-state index in [1.54, 1.807) is 6.08 Å². The molecule has 5 nitrogen and oxygen atoms in total. The molecule has 2 rings (SSSR count). The summed E-state index contributed by atoms with van der Waals surface area (Å²) in [6.07, 6.45) is 4.28. The Morgan fingerprint density at radius 1 is 1.39 bits per heavy atom. The zero-order valence-electron chi connectivity index (χ0n) is 14.5. The van der Waals surface area contributed by atoms with Gasteiger partial charge in [-0.05, 0) is 32.6 Å².